The van der Waals surface area contributed by atoms with Crippen LogP contribution in [0.1, 0.15) is 58.2 Å². The first-order chi connectivity index (χ1) is 15.4. The lowest BCUT2D eigenvalue weighted by Crippen LogP contribution is -2.39. The molecule has 3 aromatic rings. The molecule has 7 heteroatoms. The van der Waals surface area contributed by atoms with E-state index in [1.807, 2.05) is 36.4 Å². The van der Waals surface area contributed by atoms with Crippen molar-refractivity contribution in [3.05, 3.63) is 101 Å². The second-order valence-electron chi connectivity index (χ2n) is 7.64. The zero-order chi connectivity index (χ0) is 23.1. The molecule has 1 heterocycles. The Morgan fingerprint density at radius 1 is 0.656 bits per heavy atom. The Balaban J connectivity index is 1.63. The lowest BCUT2D eigenvalue weighted by Gasteiger charge is -2.21. The predicted octanol–water partition coefficient (Wildman–Crippen LogP) is 2.79. The minimum atomic E-state index is -0.882. The number of nitrogens with one attached hydrogen (secondary N) is 2. The third-order valence-corrected chi connectivity index (χ3v) is 5.16. The number of nitrogens with zero attached hydrogens (tertiary/aromatic N) is 1. The lowest BCUT2D eigenvalue weighted by molar-refractivity contribution is 0.0840. The number of aliphatic hydroxyl groups excluding tert-OH is 2. The number of amides is 2. The van der Waals surface area contributed by atoms with Crippen LogP contribution in [0.25, 0.3) is 0 Å². The summed E-state index contributed by atoms with van der Waals surface area (Å²) in [4.78, 5) is 29.4. The van der Waals surface area contributed by atoms with E-state index in [2.05, 4.69) is 15.6 Å². The quantitative estimate of drug-likeness (QED) is 0.437. The van der Waals surface area contributed by atoms with Crippen molar-refractivity contribution in [2.24, 2.45) is 0 Å². The summed E-state index contributed by atoms with van der Waals surface area (Å²) >= 11 is 0. The number of hydrogen-bond donors (Lipinski definition) is 4. The summed E-state index contributed by atoms with van der Waals surface area (Å²) in [6.07, 6.45) is -1.76. The molecule has 0 aliphatic heterocycles. The average molecular weight is 434 g/mol. The molecule has 166 valence electrons. The van der Waals surface area contributed by atoms with Gasteiger partial charge in [0.2, 0.25) is 0 Å². The van der Waals surface area contributed by atoms with Crippen LogP contribution in [0, 0.1) is 0 Å². The van der Waals surface area contributed by atoms with Gasteiger partial charge in [0.05, 0.1) is 24.3 Å². The smallest absolute Gasteiger partial charge is 0.270 e. The molecule has 0 saturated carbocycles. The van der Waals surface area contributed by atoms with Gasteiger partial charge >= 0.3 is 0 Å². The Bertz CT molecular complexity index is 963. The molecule has 0 radical (unpaired) electrons. The highest BCUT2D eigenvalue weighted by Crippen LogP contribution is 2.17. The van der Waals surface area contributed by atoms with Crippen molar-refractivity contribution < 1.29 is 19.8 Å². The maximum Gasteiger partial charge on any atom is 0.270 e. The fourth-order valence-electron chi connectivity index (χ4n) is 3.28. The number of carbonyl (C=O) groups is 2. The van der Waals surface area contributed by atoms with Crippen LogP contribution in [0.4, 0.5) is 0 Å². The number of rotatable bonds is 8. The maximum absolute atomic E-state index is 12.6. The monoisotopic (exact) mass is 433 g/mol. The van der Waals surface area contributed by atoms with Gasteiger partial charge in [-0.25, -0.2) is 4.98 Å². The Hall–Kier alpha value is -3.55. The summed E-state index contributed by atoms with van der Waals surface area (Å²) in [6, 6.07) is 21.5. The van der Waals surface area contributed by atoms with Crippen molar-refractivity contribution in [1.82, 2.24) is 15.6 Å². The standard InChI is InChI=1S/C25H27N3O4/c1-16(22(29)18-10-5-3-6-11-18)26-24(31)20-14-9-15-21(28-20)25(32)27-17(2)23(30)19-12-7-4-8-13-19/h3-17,22-23,29-30H,1-2H3,(H,26,31)(H,27,32)/t16-,17-,22+,23+/m0/s1. The van der Waals surface area contributed by atoms with Crippen LogP contribution >= 0.6 is 0 Å². The first-order valence-electron chi connectivity index (χ1n) is 10.4. The molecule has 0 unspecified atom stereocenters. The minimum absolute atomic E-state index is 0.0565. The third kappa shape index (κ3) is 5.78. The number of pyridine rings is 1. The van der Waals surface area contributed by atoms with Crippen LogP contribution in [0.5, 0.6) is 0 Å². The number of benzene rings is 2. The average Bonchev–Trinajstić information content (AvgIpc) is 2.84. The summed E-state index contributed by atoms with van der Waals surface area (Å²) < 4.78 is 0. The number of carbonyl (C=O) groups excluding carboxylic acids is 2. The van der Waals surface area contributed by atoms with E-state index in [0.717, 1.165) is 0 Å². The highest BCUT2D eigenvalue weighted by molar-refractivity contribution is 5.96. The van der Waals surface area contributed by atoms with Gasteiger partial charge in [-0.05, 0) is 37.1 Å². The van der Waals surface area contributed by atoms with Crippen molar-refractivity contribution in [3.8, 4) is 0 Å². The van der Waals surface area contributed by atoms with E-state index >= 15 is 0 Å². The minimum Gasteiger partial charge on any atom is -0.386 e. The van der Waals surface area contributed by atoms with E-state index in [1.54, 1.807) is 44.2 Å². The molecule has 4 atom stereocenters. The van der Waals surface area contributed by atoms with Crippen LogP contribution in [-0.2, 0) is 0 Å². The van der Waals surface area contributed by atoms with Crippen molar-refractivity contribution in [2.75, 3.05) is 0 Å². The van der Waals surface area contributed by atoms with Gasteiger partial charge in [-0.15, -0.1) is 0 Å². The Labute approximate surface area is 187 Å². The molecule has 0 spiro atoms. The molecule has 2 aromatic carbocycles. The SMILES string of the molecule is C[C@H](NC(=O)c1cccc(C(=O)N[C@@H](C)[C@@H](O)c2ccccc2)n1)[C@@H](O)c1ccccc1. The summed E-state index contributed by atoms with van der Waals surface area (Å²) in [6.45, 7) is 3.39. The molecule has 0 fully saturated rings. The summed E-state index contributed by atoms with van der Waals surface area (Å²) in [5.41, 5.74) is 1.49. The van der Waals surface area contributed by atoms with E-state index in [0.29, 0.717) is 11.1 Å². The van der Waals surface area contributed by atoms with Gasteiger partial charge in [0.1, 0.15) is 11.4 Å². The normalized spacial score (nSPS) is 14.6. The number of aliphatic hydroxyl groups is 2. The number of hydrogen-bond acceptors (Lipinski definition) is 5. The highest BCUT2D eigenvalue weighted by atomic mass is 16.3. The van der Waals surface area contributed by atoms with Crippen LogP contribution in [0.2, 0.25) is 0 Å². The Morgan fingerprint density at radius 2 is 1.03 bits per heavy atom. The first kappa shape index (κ1) is 23.1. The van der Waals surface area contributed by atoms with E-state index in [9.17, 15) is 19.8 Å². The van der Waals surface area contributed by atoms with Crippen LogP contribution in [-0.4, -0.2) is 39.1 Å². The van der Waals surface area contributed by atoms with E-state index in [-0.39, 0.29) is 11.4 Å². The molecule has 4 N–H and O–H groups in total. The summed E-state index contributed by atoms with van der Waals surface area (Å²) in [5.74, 6) is -1.00. The Kier molecular flexibility index (Phi) is 7.70. The lowest BCUT2D eigenvalue weighted by atomic mass is 10.0. The largest absolute Gasteiger partial charge is 0.386 e. The molecular weight excluding hydrogens is 406 g/mol. The van der Waals surface area contributed by atoms with Gasteiger partial charge in [-0.3, -0.25) is 9.59 Å². The third-order valence-electron chi connectivity index (χ3n) is 5.16. The second-order valence-corrected chi connectivity index (χ2v) is 7.64. The van der Waals surface area contributed by atoms with Crippen molar-refractivity contribution in [1.29, 1.82) is 0 Å². The molecule has 32 heavy (non-hydrogen) atoms. The molecule has 2 amide bonds. The van der Waals surface area contributed by atoms with Crippen LogP contribution in [0.3, 0.4) is 0 Å². The summed E-state index contributed by atoms with van der Waals surface area (Å²) in [7, 11) is 0. The second kappa shape index (κ2) is 10.7. The zero-order valence-electron chi connectivity index (χ0n) is 18.0. The van der Waals surface area contributed by atoms with Gasteiger partial charge < -0.3 is 20.8 Å². The van der Waals surface area contributed by atoms with Crippen molar-refractivity contribution in [2.45, 2.75) is 38.1 Å². The highest BCUT2D eigenvalue weighted by Gasteiger charge is 2.22. The molecule has 1 aromatic heterocycles. The van der Waals surface area contributed by atoms with Gasteiger partial charge in [-0.2, -0.15) is 0 Å². The van der Waals surface area contributed by atoms with Crippen LogP contribution in [0.15, 0.2) is 78.9 Å². The molecule has 7 nitrogen and oxygen atoms in total. The van der Waals surface area contributed by atoms with Gasteiger partial charge in [0, 0.05) is 0 Å². The predicted molar refractivity (Wildman–Crippen MR) is 121 cm³/mol. The molecule has 0 aliphatic rings. The summed E-state index contributed by atoms with van der Waals surface area (Å²) in [5, 5.41) is 26.3. The topological polar surface area (TPSA) is 112 Å². The molecular formula is C25H27N3O4. The molecule has 3 rings (SSSR count). The van der Waals surface area contributed by atoms with Crippen molar-refractivity contribution >= 4 is 11.8 Å². The van der Waals surface area contributed by atoms with E-state index in [4.69, 9.17) is 0 Å². The van der Waals surface area contributed by atoms with Crippen LogP contribution < -0.4 is 10.6 Å². The molecule has 0 bridgehead atoms. The van der Waals surface area contributed by atoms with Gasteiger partial charge in [0.15, 0.2) is 0 Å². The van der Waals surface area contributed by atoms with Crippen molar-refractivity contribution in [3.63, 3.8) is 0 Å². The number of aromatic nitrogens is 1. The Morgan fingerprint density at radius 3 is 1.41 bits per heavy atom. The molecule has 0 saturated heterocycles. The molecule has 0 aliphatic carbocycles. The van der Waals surface area contributed by atoms with E-state index in [1.165, 1.54) is 12.1 Å². The van der Waals surface area contributed by atoms with E-state index < -0.39 is 36.1 Å². The fraction of sp³-hybridized carbons (Fsp3) is 0.240. The first-order valence-corrected chi connectivity index (χ1v) is 10.4. The zero-order valence-corrected chi connectivity index (χ0v) is 18.0. The van der Waals surface area contributed by atoms with Gasteiger partial charge in [-0.1, -0.05) is 66.7 Å². The van der Waals surface area contributed by atoms with Gasteiger partial charge in [0.25, 0.3) is 11.8 Å². The maximum atomic E-state index is 12.6. The fourth-order valence-corrected chi connectivity index (χ4v) is 3.28.